The SMILES string of the molecule is Cc1cc(=O)n(Cc2ccco2)c(O)c1C#N. The van der Waals surface area contributed by atoms with E-state index in [2.05, 4.69) is 0 Å². The zero-order chi connectivity index (χ0) is 12.4. The molecule has 5 nitrogen and oxygen atoms in total. The van der Waals surface area contributed by atoms with Gasteiger partial charge in [-0.05, 0) is 24.6 Å². The third-order valence-electron chi connectivity index (χ3n) is 2.49. The lowest BCUT2D eigenvalue weighted by molar-refractivity contribution is 0.397. The molecule has 0 saturated carbocycles. The predicted octanol–water partition coefficient (Wildman–Crippen LogP) is 1.38. The maximum Gasteiger partial charge on any atom is 0.254 e. The minimum atomic E-state index is -0.365. The molecule has 0 unspecified atom stereocenters. The average Bonchev–Trinajstić information content (AvgIpc) is 2.77. The number of rotatable bonds is 2. The van der Waals surface area contributed by atoms with E-state index in [0.717, 1.165) is 4.57 Å². The molecule has 0 fully saturated rings. The van der Waals surface area contributed by atoms with Gasteiger partial charge >= 0.3 is 0 Å². The van der Waals surface area contributed by atoms with Crippen LogP contribution in [0.1, 0.15) is 16.9 Å². The molecule has 0 atom stereocenters. The van der Waals surface area contributed by atoms with Crippen LogP contribution < -0.4 is 5.56 Å². The summed E-state index contributed by atoms with van der Waals surface area (Å²) in [6.45, 7) is 1.71. The fraction of sp³-hybridized carbons (Fsp3) is 0.167. The summed E-state index contributed by atoms with van der Waals surface area (Å²) in [6, 6.07) is 6.57. The van der Waals surface area contributed by atoms with Gasteiger partial charge in [-0.2, -0.15) is 5.26 Å². The standard InChI is InChI=1S/C12H10N2O3/c1-8-5-11(15)14(12(16)10(8)6-13)7-9-3-2-4-17-9/h2-5,16H,7H2,1H3. The van der Waals surface area contributed by atoms with Crippen molar-refractivity contribution in [2.75, 3.05) is 0 Å². The maximum absolute atomic E-state index is 11.7. The molecule has 17 heavy (non-hydrogen) atoms. The van der Waals surface area contributed by atoms with E-state index in [1.54, 1.807) is 19.1 Å². The van der Waals surface area contributed by atoms with Crippen molar-refractivity contribution < 1.29 is 9.52 Å². The van der Waals surface area contributed by atoms with Crippen molar-refractivity contribution in [1.29, 1.82) is 5.26 Å². The molecule has 0 radical (unpaired) electrons. The molecular weight excluding hydrogens is 220 g/mol. The van der Waals surface area contributed by atoms with Gasteiger partial charge < -0.3 is 9.52 Å². The van der Waals surface area contributed by atoms with E-state index < -0.39 is 0 Å². The lowest BCUT2D eigenvalue weighted by atomic mass is 10.1. The largest absolute Gasteiger partial charge is 0.493 e. The number of nitrogens with zero attached hydrogens (tertiary/aromatic N) is 2. The van der Waals surface area contributed by atoms with E-state index >= 15 is 0 Å². The van der Waals surface area contributed by atoms with Crippen molar-refractivity contribution in [2.45, 2.75) is 13.5 Å². The predicted molar refractivity (Wildman–Crippen MR) is 59.6 cm³/mol. The first-order valence-electron chi connectivity index (χ1n) is 4.99. The molecule has 0 aliphatic heterocycles. The number of aryl methyl sites for hydroxylation is 1. The van der Waals surface area contributed by atoms with Crippen LogP contribution in [0.2, 0.25) is 0 Å². The normalized spacial score (nSPS) is 10.1. The summed E-state index contributed by atoms with van der Waals surface area (Å²) < 4.78 is 6.20. The van der Waals surface area contributed by atoms with E-state index in [1.165, 1.54) is 12.3 Å². The van der Waals surface area contributed by atoms with E-state index in [4.69, 9.17) is 9.68 Å². The summed E-state index contributed by atoms with van der Waals surface area (Å²) in [5.74, 6) is 0.212. The molecule has 86 valence electrons. The van der Waals surface area contributed by atoms with Crippen molar-refractivity contribution in [3.05, 3.63) is 51.7 Å². The maximum atomic E-state index is 11.7. The smallest absolute Gasteiger partial charge is 0.254 e. The number of nitriles is 1. The summed E-state index contributed by atoms with van der Waals surface area (Å²) in [5.41, 5.74) is 0.206. The Labute approximate surface area is 97.2 Å². The Hall–Kier alpha value is -2.48. The first kappa shape index (κ1) is 11.0. The first-order chi connectivity index (χ1) is 8.13. The van der Waals surface area contributed by atoms with Crippen LogP contribution in [0, 0.1) is 18.3 Å². The van der Waals surface area contributed by atoms with Gasteiger partial charge in [0.1, 0.15) is 17.4 Å². The summed E-state index contributed by atoms with van der Waals surface area (Å²) in [4.78, 5) is 11.7. The van der Waals surface area contributed by atoms with E-state index in [1.807, 2.05) is 6.07 Å². The van der Waals surface area contributed by atoms with Crippen LogP contribution in [0.25, 0.3) is 0 Å². The second kappa shape index (κ2) is 4.18. The fourth-order valence-corrected chi connectivity index (χ4v) is 1.60. The highest BCUT2D eigenvalue weighted by molar-refractivity contribution is 5.43. The Balaban J connectivity index is 2.55. The summed E-state index contributed by atoms with van der Waals surface area (Å²) >= 11 is 0. The van der Waals surface area contributed by atoms with Crippen LogP contribution in [0.15, 0.2) is 33.7 Å². The van der Waals surface area contributed by atoms with Gasteiger partial charge in [-0.15, -0.1) is 0 Å². The minimum absolute atomic E-state index is 0.104. The zero-order valence-corrected chi connectivity index (χ0v) is 9.17. The van der Waals surface area contributed by atoms with Crippen molar-refractivity contribution in [1.82, 2.24) is 4.57 Å². The molecule has 1 N–H and O–H groups in total. The molecule has 0 aromatic carbocycles. The zero-order valence-electron chi connectivity index (χ0n) is 9.17. The Morgan fingerprint density at radius 2 is 2.35 bits per heavy atom. The number of hydrogen-bond donors (Lipinski definition) is 1. The van der Waals surface area contributed by atoms with Gasteiger partial charge in [-0.25, -0.2) is 0 Å². The van der Waals surface area contributed by atoms with Gasteiger partial charge in [-0.1, -0.05) is 0 Å². The highest BCUT2D eigenvalue weighted by Gasteiger charge is 2.13. The number of aromatic hydroxyl groups is 1. The Morgan fingerprint density at radius 1 is 1.59 bits per heavy atom. The monoisotopic (exact) mass is 230 g/mol. The number of aromatic nitrogens is 1. The molecule has 0 saturated heterocycles. The molecule has 5 heteroatoms. The molecule has 0 aliphatic carbocycles. The highest BCUT2D eigenvalue weighted by atomic mass is 16.3. The van der Waals surface area contributed by atoms with Gasteiger partial charge in [-0.3, -0.25) is 9.36 Å². The van der Waals surface area contributed by atoms with Crippen LogP contribution in [0.5, 0.6) is 5.88 Å². The highest BCUT2D eigenvalue weighted by Crippen LogP contribution is 2.18. The quantitative estimate of drug-likeness (QED) is 0.845. The molecule has 0 spiro atoms. The van der Waals surface area contributed by atoms with Crippen molar-refractivity contribution in [3.63, 3.8) is 0 Å². The molecule has 2 heterocycles. The summed E-state index contributed by atoms with van der Waals surface area (Å²) in [6.07, 6.45) is 1.48. The second-order valence-corrected chi connectivity index (χ2v) is 3.64. The Morgan fingerprint density at radius 3 is 2.94 bits per heavy atom. The molecule has 0 amide bonds. The third-order valence-corrected chi connectivity index (χ3v) is 2.49. The lowest BCUT2D eigenvalue weighted by Crippen LogP contribution is -2.21. The molecule has 2 rings (SSSR count). The van der Waals surface area contributed by atoms with Crippen molar-refractivity contribution >= 4 is 0 Å². The molecule has 0 bridgehead atoms. The minimum Gasteiger partial charge on any atom is -0.493 e. The van der Waals surface area contributed by atoms with Gasteiger partial charge in [0.05, 0.1) is 12.8 Å². The molecule has 2 aromatic rings. The third kappa shape index (κ3) is 1.93. The molecular formula is C12H10N2O3. The van der Waals surface area contributed by atoms with E-state index in [-0.39, 0.29) is 23.5 Å². The van der Waals surface area contributed by atoms with Gasteiger partial charge in [0.15, 0.2) is 0 Å². The Bertz CT molecular complexity index is 633. The van der Waals surface area contributed by atoms with Crippen LogP contribution in [-0.4, -0.2) is 9.67 Å². The average molecular weight is 230 g/mol. The van der Waals surface area contributed by atoms with Gasteiger partial charge in [0, 0.05) is 6.07 Å². The molecule has 0 aliphatic rings. The van der Waals surface area contributed by atoms with E-state index in [9.17, 15) is 9.90 Å². The molecule has 2 aromatic heterocycles. The topological polar surface area (TPSA) is 79.2 Å². The van der Waals surface area contributed by atoms with Gasteiger partial charge in [0.25, 0.3) is 5.56 Å². The van der Waals surface area contributed by atoms with Crippen LogP contribution in [0.4, 0.5) is 0 Å². The van der Waals surface area contributed by atoms with E-state index in [0.29, 0.717) is 11.3 Å². The summed E-state index contributed by atoms with van der Waals surface area (Å²) in [5, 5.41) is 18.7. The number of pyridine rings is 1. The lowest BCUT2D eigenvalue weighted by Gasteiger charge is -2.09. The first-order valence-corrected chi connectivity index (χ1v) is 4.99. The fourth-order valence-electron chi connectivity index (χ4n) is 1.60. The summed E-state index contributed by atoms with van der Waals surface area (Å²) in [7, 11) is 0. The van der Waals surface area contributed by atoms with Gasteiger partial charge in [0.2, 0.25) is 5.88 Å². The van der Waals surface area contributed by atoms with Crippen molar-refractivity contribution in [3.8, 4) is 11.9 Å². The second-order valence-electron chi connectivity index (χ2n) is 3.64. The van der Waals surface area contributed by atoms with Crippen LogP contribution >= 0.6 is 0 Å². The number of furan rings is 1. The Kier molecular flexibility index (Phi) is 2.71. The van der Waals surface area contributed by atoms with Crippen LogP contribution in [-0.2, 0) is 6.54 Å². The van der Waals surface area contributed by atoms with Crippen LogP contribution in [0.3, 0.4) is 0 Å². The number of hydrogen-bond acceptors (Lipinski definition) is 4. The van der Waals surface area contributed by atoms with Crippen molar-refractivity contribution in [2.24, 2.45) is 0 Å².